The van der Waals surface area contributed by atoms with Gasteiger partial charge < -0.3 is 4.52 Å². The SMILES string of the molecule is CC(C)c1noc(C(C)NS(=O)(=O)N2CCCC2)n1. The Balaban J connectivity index is 2.05. The van der Waals surface area contributed by atoms with Crippen LogP contribution in [-0.4, -0.2) is 36.0 Å². The Morgan fingerprint density at radius 1 is 1.26 bits per heavy atom. The quantitative estimate of drug-likeness (QED) is 0.879. The van der Waals surface area contributed by atoms with Gasteiger partial charge in [0.2, 0.25) is 5.89 Å². The molecule has 7 nitrogen and oxygen atoms in total. The maximum atomic E-state index is 12.1. The average molecular weight is 288 g/mol. The van der Waals surface area contributed by atoms with E-state index >= 15 is 0 Å². The first-order chi connectivity index (χ1) is 8.90. The molecule has 1 atom stereocenters. The van der Waals surface area contributed by atoms with Crippen LogP contribution in [0.15, 0.2) is 4.52 Å². The second kappa shape index (κ2) is 5.56. The molecule has 0 spiro atoms. The van der Waals surface area contributed by atoms with Gasteiger partial charge in [0.05, 0.1) is 6.04 Å². The predicted octanol–water partition coefficient (Wildman–Crippen LogP) is 1.18. The van der Waals surface area contributed by atoms with Gasteiger partial charge in [0, 0.05) is 19.0 Å². The molecule has 1 saturated heterocycles. The van der Waals surface area contributed by atoms with Crippen molar-refractivity contribution in [3.05, 3.63) is 11.7 Å². The van der Waals surface area contributed by atoms with E-state index in [9.17, 15) is 8.42 Å². The molecule has 1 aliphatic rings. The van der Waals surface area contributed by atoms with Gasteiger partial charge in [-0.2, -0.15) is 22.4 Å². The van der Waals surface area contributed by atoms with Crippen molar-refractivity contribution in [2.75, 3.05) is 13.1 Å². The summed E-state index contributed by atoms with van der Waals surface area (Å²) in [6, 6.07) is -0.523. The summed E-state index contributed by atoms with van der Waals surface area (Å²) in [5, 5.41) is 3.83. The third kappa shape index (κ3) is 3.31. The van der Waals surface area contributed by atoms with Gasteiger partial charge in [-0.25, -0.2) is 0 Å². The number of hydrogen-bond acceptors (Lipinski definition) is 5. The van der Waals surface area contributed by atoms with Crippen LogP contribution < -0.4 is 4.72 Å². The van der Waals surface area contributed by atoms with Crippen molar-refractivity contribution in [1.82, 2.24) is 19.2 Å². The summed E-state index contributed by atoms with van der Waals surface area (Å²) >= 11 is 0. The van der Waals surface area contributed by atoms with E-state index in [2.05, 4.69) is 14.9 Å². The molecule has 2 heterocycles. The van der Waals surface area contributed by atoms with Gasteiger partial charge in [-0.15, -0.1) is 0 Å². The molecule has 1 N–H and O–H groups in total. The second-order valence-corrected chi connectivity index (χ2v) is 6.80. The van der Waals surface area contributed by atoms with Crippen LogP contribution in [0.2, 0.25) is 0 Å². The Morgan fingerprint density at radius 2 is 1.89 bits per heavy atom. The van der Waals surface area contributed by atoms with Crippen molar-refractivity contribution < 1.29 is 12.9 Å². The lowest BCUT2D eigenvalue weighted by atomic mass is 10.2. The van der Waals surface area contributed by atoms with Crippen LogP contribution in [0, 0.1) is 0 Å². The lowest BCUT2D eigenvalue weighted by Gasteiger charge is -2.18. The van der Waals surface area contributed by atoms with E-state index in [0.717, 1.165) is 12.8 Å². The van der Waals surface area contributed by atoms with Crippen molar-refractivity contribution >= 4 is 10.2 Å². The van der Waals surface area contributed by atoms with E-state index in [1.54, 1.807) is 6.92 Å². The summed E-state index contributed by atoms with van der Waals surface area (Å²) in [6.07, 6.45) is 1.82. The molecule has 0 radical (unpaired) electrons. The first-order valence-electron chi connectivity index (χ1n) is 6.51. The smallest absolute Gasteiger partial charge is 0.280 e. The monoisotopic (exact) mass is 288 g/mol. The zero-order chi connectivity index (χ0) is 14.0. The van der Waals surface area contributed by atoms with Gasteiger partial charge in [0.15, 0.2) is 5.82 Å². The van der Waals surface area contributed by atoms with Crippen molar-refractivity contribution in [3.8, 4) is 0 Å². The Kier molecular flexibility index (Phi) is 4.22. The Hall–Kier alpha value is -0.990. The van der Waals surface area contributed by atoms with E-state index < -0.39 is 16.3 Å². The third-order valence-corrected chi connectivity index (χ3v) is 4.77. The zero-order valence-corrected chi connectivity index (χ0v) is 12.3. The molecule has 0 saturated carbocycles. The fourth-order valence-corrected chi connectivity index (χ4v) is 3.37. The van der Waals surface area contributed by atoms with E-state index in [0.29, 0.717) is 24.8 Å². The van der Waals surface area contributed by atoms with Crippen molar-refractivity contribution in [2.24, 2.45) is 0 Å². The van der Waals surface area contributed by atoms with E-state index in [1.807, 2.05) is 13.8 Å². The standard InChI is InChI=1S/C11H20N4O3S/c1-8(2)10-12-11(18-13-10)9(3)14-19(16,17)15-6-4-5-7-15/h8-9,14H,4-7H2,1-3H3. The zero-order valence-electron chi connectivity index (χ0n) is 11.5. The molecule has 0 bridgehead atoms. The highest BCUT2D eigenvalue weighted by atomic mass is 32.2. The summed E-state index contributed by atoms with van der Waals surface area (Å²) in [4.78, 5) is 4.20. The molecule has 2 rings (SSSR count). The van der Waals surface area contributed by atoms with Gasteiger partial charge in [0.1, 0.15) is 0 Å². The number of nitrogens with zero attached hydrogens (tertiary/aromatic N) is 3. The molecule has 8 heteroatoms. The Bertz CT molecular complexity index is 520. The highest BCUT2D eigenvalue weighted by Gasteiger charge is 2.28. The lowest BCUT2D eigenvalue weighted by Crippen LogP contribution is -2.40. The van der Waals surface area contributed by atoms with Crippen LogP contribution in [0.1, 0.15) is 57.3 Å². The highest BCUT2D eigenvalue weighted by molar-refractivity contribution is 7.87. The molecule has 1 fully saturated rings. The van der Waals surface area contributed by atoms with Gasteiger partial charge in [-0.05, 0) is 19.8 Å². The molecule has 108 valence electrons. The summed E-state index contributed by atoms with van der Waals surface area (Å²) in [5.41, 5.74) is 0. The first kappa shape index (κ1) is 14.4. The summed E-state index contributed by atoms with van der Waals surface area (Å²) in [6.45, 7) is 6.75. The lowest BCUT2D eigenvalue weighted by molar-refractivity contribution is 0.344. The van der Waals surface area contributed by atoms with Crippen LogP contribution in [-0.2, 0) is 10.2 Å². The minimum Gasteiger partial charge on any atom is -0.338 e. The van der Waals surface area contributed by atoms with Crippen LogP contribution in [0.5, 0.6) is 0 Å². The molecule has 0 aromatic carbocycles. The molecule has 1 unspecified atom stereocenters. The van der Waals surface area contributed by atoms with Crippen LogP contribution in [0.25, 0.3) is 0 Å². The number of hydrogen-bond donors (Lipinski definition) is 1. The third-order valence-electron chi connectivity index (χ3n) is 3.07. The largest absolute Gasteiger partial charge is 0.338 e. The first-order valence-corrected chi connectivity index (χ1v) is 7.95. The molecular weight excluding hydrogens is 268 g/mol. The maximum Gasteiger partial charge on any atom is 0.280 e. The van der Waals surface area contributed by atoms with Gasteiger partial charge in [0.25, 0.3) is 10.2 Å². The molecule has 1 aromatic rings. The molecular formula is C11H20N4O3S. The van der Waals surface area contributed by atoms with Crippen LogP contribution in [0.4, 0.5) is 0 Å². The Morgan fingerprint density at radius 3 is 2.42 bits per heavy atom. The Labute approximate surface area is 113 Å². The normalized spacial score (nSPS) is 19.2. The van der Waals surface area contributed by atoms with Gasteiger partial charge in [-0.1, -0.05) is 19.0 Å². The molecule has 0 aliphatic carbocycles. The van der Waals surface area contributed by atoms with Crippen molar-refractivity contribution in [3.63, 3.8) is 0 Å². The number of rotatable bonds is 5. The topological polar surface area (TPSA) is 88.3 Å². The highest BCUT2D eigenvalue weighted by Crippen LogP contribution is 2.18. The van der Waals surface area contributed by atoms with E-state index in [1.165, 1.54) is 4.31 Å². The summed E-state index contributed by atoms with van der Waals surface area (Å²) in [5.74, 6) is 1.04. The summed E-state index contributed by atoms with van der Waals surface area (Å²) in [7, 11) is -3.46. The maximum absolute atomic E-state index is 12.1. The van der Waals surface area contributed by atoms with Crippen LogP contribution in [0.3, 0.4) is 0 Å². The minimum atomic E-state index is -3.46. The van der Waals surface area contributed by atoms with Crippen molar-refractivity contribution in [1.29, 1.82) is 0 Å². The molecule has 1 aliphatic heterocycles. The van der Waals surface area contributed by atoms with E-state index in [-0.39, 0.29) is 5.92 Å². The molecule has 1 aromatic heterocycles. The predicted molar refractivity (Wildman–Crippen MR) is 69.7 cm³/mol. The number of nitrogens with one attached hydrogen (secondary N) is 1. The van der Waals surface area contributed by atoms with Crippen LogP contribution >= 0.6 is 0 Å². The minimum absolute atomic E-state index is 0.153. The fraction of sp³-hybridized carbons (Fsp3) is 0.818. The van der Waals surface area contributed by atoms with Gasteiger partial charge in [-0.3, -0.25) is 0 Å². The second-order valence-electron chi connectivity index (χ2n) is 5.10. The molecule has 0 amide bonds. The van der Waals surface area contributed by atoms with E-state index in [4.69, 9.17) is 4.52 Å². The molecule has 19 heavy (non-hydrogen) atoms. The average Bonchev–Trinajstić information content (AvgIpc) is 3.00. The number of aromatic nitrogens is 2. The fourth-order valence-electron chi connectivity index (χ4n) is 1.93. The summed E-state index contributed by atoms with van der Waals surface area (Å²) < 4.78 is 33.3. The van der Waals surface area contributed by atoms with Crippen molar-refractivity contribution in [2.45, 2.75) is 45.6 Å². The van der Waals surface area contributed by atoms with Gasteiger partial charge >= 0.3 is 0 Å².